The molecular weight excluding hydrogens is 388 g/mol. The van der Waals surface area contributed by atoms with E-state index in [4.69, 9.17) is 16.6 Å². The first-order valence-corrected chi connectivity index (χ1v) is 9.97. The average molecular weight is 412 g/mol. The Hall–Kier alpha value is -2.97. The van der Waals surface area contributed by atoms with E-state index in [-0.39, 0.29) is 10.7 Å². The molecule has 0 unspecified atom stereocenters. The van der Waals surface area contributed by atoms with Gasteiger partial charge in [-0.1, -0.05) is 17.7 Å². The number of piperazine rings is 1. The van der Waals surface area contributed by atoms with Crippen molar-refractivity contribution in [1.29, 1.82) is 0 Å². The standard InChI is InChI=1S/C21H22N4O3S/c1-14-3-5-15(6-4-14)25-20(27)17(19(26)22-21(25)29)13-16-7-8-18(28-16)24-11-9-23(2)10-12-24/h3-8,13H,9-12H2,1-2H3,(H,22,26,29)/p+1/b17-13-. The largest absolute Gasteiger partial charge is 0.441 e. The van der Waals surface area contributed by atoms with Crippen LogP contribution in [-0.4, -0.2) is 50.2 Å². The maximum Gasteiger partial charge on any atom is 0.270 e. The van der Waals surface area contributed by atoms with Crippen molar-refractivity contribution in [3.63, 3.8) is 0 Å². The predicted molar refractivity (Wildman–Crippen MR) is 115 cm³/mol. The van der Waals surface area contributed by atoms with Gasteiger partial charge in [0.05, 0.1) is 38.9 Å². The quantitative estimate of drug-likeness (QED) is 0.443. The van der Waals surface area contributed by atoms with E-state index in [1.165, 1.54) is 15.9 Å². The lowest BCUT2D eigenvalue weighted by Crippen LogP contribution is -3.12. The first-order valence-electron chi connectivity index (χ1n) is 9.56. The summed E-state index contributed by atoms with van der Waals surface area (Å²) in [5, 5.41) is 2.66. The number of benzene rings is 1. The molecule has 29 heavy (non-hydrogen) atoms. The Kier molecular flexibility index (Phi) is 5.21. The number of amides is 2. The molecule has 0 saturated carbocycles. The number of likely N-dealkylation sites (N-methyl/N-ethyl adjacent to an activating group) is 1. The Morgan fingerprint density at radius 2 is 1.79 bits per heavy atom. The second kappa shape index (κ2) is 7.81. The Bertz CT molecular complexity index is 988. The van der Waals surface area contributed by atoms with E-state index in [9.17, 15) is 9.59 Å². The number of aryl methyl sites for hydroxylation is 1. The lowest BCUT2D eigenvalue weighted by molar-refractivity contribution is -0.880. The SMILES string of the molecule is Cc1ccc(N2C(=O)/C(=C\c3ccc(N4CC[NH+](C)CC4)o3)C(=O)NC2=S)cc1. The predicted octanol–water partition coefficient (Wildman–Crippen LogP) is 0.754. The van der Waals surface area contributed by atoms with E-state index >= 15 is 0 Å². The van der Waals surface area contributed by atoms with Crippen molar-refractivity contribution in [3.05, 3.63) is 53.3 Å². The maximum absolute atomic E-state index is 13.0. The Morgan fingerprint density at radius 1 is 1.10 bits per heavy atom. The van der Waals surface area contributed by atoms with Crippen LogP contribution in [0, 0.1) is 6.92 Å². The van der Waals surface area contributed by atoms with Gasteiger partial charge in [0.2, 0.25) is 0 Å². The molecule has 0 aliphatic carbocycles. The molecule has 0 radical (unpaired) electrons. The summed E-state index contributed by atoms with van der Waals surface area (Å²) in [6, 6.07) is 11.0. The third-order valence-electron chi connectivity index (χ3n) is 5.22. The van der Waals surface area contributed by atoms with Crippen LogP contribution in [-0.2, 0) is 9.59 Å². The highest BCUT2D eigenvalue weighted by atomic mass is 32.1. The van der Waals surface area contributed by atoms with Gasteiger partial charge in [0.1, 0.15) is 11.3 Å². The van der Waals surface area contributed by atoms with Gasteiger partial charge in [-0.25, -0.2) is 0 Å². The monoisotopic (exact) mass is 411 g/mol. The van der Waals surface area contributed by atoms with Crippen LogP contribution in [0.5, 0.6) is 0 Å². The van der Waals surface area contributed by atoms with Gasteiger partial charge in [-0.2, -0.15) is 0 Å². The summed E-state index contributed by atoms with van der Waals surface area (Å²) in [4.78, 5) is 30.5. The second-order valence-electron chi connectivity index (χ2n) is 7.41. The highest BCUT2D eigenvalue weighted by Gasteiger charge is 2.34. The van der Waals surface area contributed by atoms with Gasteiger partial charge in [-0.05, 0) is 43.4 Å². The van der Waals surface area contributed by atoms with E-state index in [0.717, 1.165) is 37.6 Å². The number of carbonyl (C=O) groups is 2. The zero-order valence-corrected chi connectivity index (χ0v) is 17.2. The summed E-state index contributed by atoms with van der Waals surface area (Å²) in [7, 11) is 2.17. The van der Waals surface area contributed by atoms with Crippen LogP contribution in [0.3, 0.4) is 0 Å². The van der Waals surface area contributed by atoms with Gasteiger partial charge in [0, 0.05) is 6.07 Å². The number of anilines is 2. The lowest BCUT2D eigenvalue weighted by atomic mass is 10.1. The summed E-state index contributed by atoms with van der Waals surface area (Å²) in [6.07, 6.45) is 1.48. The van der Waals surface area contributed by atoms with E-state index in [0.29, 0.717) is 11.4 Å². The lowest BCUT2D eigenvalue weighted by Gasteiger charge is -2.29. The van der Waals surface area contributed by atoms with Gasteiger partial charge in [0.25, 0.3) is 11.8 Å². The second-order valence-corrected chi connectivity index (χ2v) is 7.80. The van der Waals surface area contributed by atoms with Crippen molar-refractivity contribution in [2.24, 2.45) is 0 Å². The van der Waals surface area contributed by atoms with Crippen molar-refractivity contribution in [2.75, 3.05) is 43.0 Å². The molecule has 1 aromatic carbocycles. The van der Waals surface area contributed by atoms with E-state index in [2.05, 4.69) is 17.3 Å². The minimum atomic E-state index is -0.524. The summed E-state index contributed by atoms with van der Waals surface area (Å²) < 4.78 is 5.90. The average Bonchev–Trinajstić information content (AvgIpc) is 3.16. The van der Waals surface area contributed by atoms with E-state index < -0.39 is 11.8 Å². The van der Waals surface area contributed by atoms with Crippen molar-refractivity contribution in [1.82, 2.24) is 5.32 Å². The fourth-order valence-electron chi connectivity index (χ4n) is 3.43. The number of hydrogen-bond acceptors (Lipinski definition) is 5. The molecule has 2 fully saturated rings. The first-order chi connectivity index (χ1) is 13.9. The maximum atomic E-state index is 13.0. The number of furan rings is 1. The van der Waals surface area contributed by atoms with Crippen LogP contribution in [0.2, 0.25) is 0 Å². The molecule has 7 nitrogen and oxygen atoms in total. The van der Waals surface area contributed by atoms with Crippen molar-refractivity contribution < 1.29 is 18.9 Å². The van der Waals surface area contributed by atoms with Gasteiger partial charge >= 0.3 is 0 Å². The minimum absolute atomic E-state index is 0.0112. The molecule has 2 amide bonds. The zero-order valence-electron chi connectivity index (χ0n) is 16.4. The summed E-state index contributed by atoms with van der Waals surface area (Å²) >= 11 is 5.23. The Labute approximate surface area is 174 Å². The molecule has 0 atom stereocenters. The fraction of sp³-hybridized carbons (Fsp3) is 0.286. The van der Waals surface area contributed by atoms with Crippen molar-refractivity contribution >= 4 is 46.8 Å². The Morgan fingerprint density at radius 3 is 2.48 bits per heavy atom. The van der Waals surface area contributed by atoms with Crippen molar-refractivity contribution in [2.45, 2.75) is 6.92 Å². The molecular formula is C21H23N4O3S+. The van der Waals surface area contributed by atoms with Gasteiger partial charge in [0.15, 0.2) is 11.0 Å². The highest BCUT2D eigenvalue weighted by molar-refractivity contribution is 7.80. The number of nitrogens with zero attached hydrogens (tertiary/aromatic N) is 2. The van der Waals surface area contributed by atoms with Gasteiger partial charge in [-0.3, -0.25) is 19.8 Å². The molecule has 2 aliphatic heterocycles. The van der Waals surface area contributed by atoms with Crippen molar-refractivity contribution in [3.8, 4) is 0 Å². The van der Waals surface area contributed by atoms with E-state index in [1.54, 1.807) is 18.2 Å². The first kappa shape index (κ1) is 19.4. The van der Waals surface area contributed by atoms with Crippen LogP contribution in [0.1, 0.15) is 11.3 Å². The number of nitrogens with one attached hydrogen (secondary N) is 2. The topological polar surface area (TPSA) is 70.2 Å². The summed E-state index contributed by atoms with van der Waals surface area (Å²) in [5.41, 5.74) is 1.66. The van der Waals surface area contributed by atoms with Crippen LogP contribution in [0.25, 0.3) is 6.08 Å². The number of quaternary nitrogens is 1. The van der Waals surface area contributed by atoms with Crippen LogP contribution in [0.15, 0.2) is 46.4 Å². The van der Waals surface area contributed by atoms with Gasteiger partial charge < -0.3 is 14.2 Å². The molecule has 2 aromatic rings. The third-order valence-corrected chi connectivity index (χ3v) is 5.51. The summed E-state index contributed by atoms with van der Waals surface area (Å²) in [5.74, 6) is 0.216. The normalized spacial score (nSPS) is 19.8. The zero-order chi connectivity index (χ0) is 20.5. The fourth-order valence-corrected chi connectivity index (χ4v) is 3.71. The summed E-state index contributed by atoms with van der Waals surface area (Å²) in [6.45, 7) is 5.86. The number of rotatable bonds is 3. The molecule has 0 spiro atoms. The Balaban J connectivity index is 1.59. The van der Waals surface area contributed by atoms with E-state index in [1.807, 2.05) is 25.1 Å². The third kappa shape index (κ3) is 3.94. The molecule has 8 heteroatoms. The molecule has 2 N–H and O–H groups in total. The molecule has 3 heterocycles. The number of hydrogen-bond donors (Lipinski definition) is 2. The molecule has 2 saturated heterocycles. The van der Waals surface area contributed by atoms with Crippen LogP contribution in [0.4, 0.5) is 11.6 Å². The number of thiocarbonyl (C=S) groups is 1. The highest BCUT2D eigenvalue weighted by Crippen LogP contribution is 2.25. The molecule has 150 valence electrons. The molecule has 4 rings (SSSR count). The van der Waals surface area contributed by atoms with Crippen LogP contribution < -0.4 is 20.0 Å². The smallest absolute Gasteiger partial charge is 0.270 e. The number of carbonyl (C=O) groups excluding carboxylic acids is 2. The van der Waals surface area contributed by atoms with Gasteiger partial charge in [-0.15, -0.1) is 0 Å². The van der Waals surface area contributed by atoms with Crippen LogP contribution >= 0.6 is 12.2 Å². The molecule has 2 aliphatic rings. The minimum Gasteiger partial charge on any atom is -0.441 e. The molecule has 0 bridgehead atoms. The molecule has 1 aromatic heterocycles.